The molecule has 21 heavy (non-hydrogen) atoms. The van der Waals surface area contributed by atoms with E-state index in [1.807, 2.05) is 0 Å². The van der Waals surface area contributed by atoms with Gasteiger partial charge in [-0.15, -0.1) is 0 Å². The summed E-state index contributed by atoms with van der Waals surface area (Å²) in [6, 6.07) is 15.6. The number of hydrogen-bond donors (Lipinski definition) is 0. The Bertz CT molecular complexity index is 613. The van der Waals surface area contributed by atoms with Crippen LogP contribution in [0.1, 0.15) is 37.7 Å². The Kier molecular flexibility index (Phi) is 3.69. The molecule has 2 aliphatic rings. The zero-order valence-electron chi connectivity index (χ0n) is 12.8. The maximum atomic E-state index is 2.70. The minimum absolute atomic E-state index is 0.975. The minimum Gasteiger partial charge on any atom is -0.299 e. The molecule has 1 heteroatoms. The van der Waals surface area contributed by atoms with Crippen molar-refractivity contribution in [1.29, 1.82) is 0 Å². The van der Waals surface area contributed by atoms with Gasteiger partial charge in [0.05, 0.1) is 0 Å². The minimum atomic E-state index is 0.975. The van der Waals surface area contributed by atoms with E-state index < -0.39 is 0 Å². The monoisotopic (exact) mass is 279 g/mol. The van der Waals surface area contributed by atoms with Crippen LogP contribution >= 0.6 is 0 Å². The summed E-state index contributed by atoms with van der Waals surface area (Å²) in [7, 11) is 0. The molecule has 2 unspecified atom stereocenters. The van der Waals surface area contributed by atoms with Crippen molar-refractivity contribution in [3.8, 4) is 0 Å². The van der Waals surface area contributed by atoms with Gasteiger partial charge in [-0.3, -0.25) is 4.90 Å². The van der Waals surface area contributed by atoms with Crippen molar-refractivity contribution in [3.63, 3.8) is 0 Å². The fourth-order valence-electron chi connectivity index (χ4n) is 4.49. The molecule has 1 aliphatic heterocycles. The van der Waals surface area contributed by atoms with Crippen molar-refractivity contribution in [2.75, 3.05) is 13.1 Å². The first-order valence-corrected chi connectivity index (χ1v) is 8.59. The van der Waals surface area contributed by atoms with Gasteiger partial charge in [-0.25, -0.2) is 0 Å². The molecule has 2 atom stereocenters. The Labute approximate surface area is 128 Å². The number of fused-ring (bicyclic) bond motifs is 2. The van der Waals surface area contributed by atoms with Crippen LogP contribution < -0.4 is 0 Å². The largest absolute Gasteiger partial charge is 0.299 e. The lowest BCUT2D eigenvalue weighted by Crippen LogP contribution is -2.41. The zero-order valence-corrected chi connectivity index (χ0v) is 12.8. The van der Waals surface area contributed by atoms with Crippen molar-refractivity contribution >= 4 is 10.8 Å². The zero-order chi connectivity index (χ0) is 14.1. The standard InChI is InChI=1S/C20H25N/c1-2-8-18-14-21(13-12-16(18)6-1)15-19-10-5-9-17-7-3-4-11-20(17)19/h3-5,7,9-11,16,18H,1-2,6,8,12-15H2. The van der Waals surface area contributed by atoms with Gasteiger partial charge in [0.2, 0.25) is 0 Å². The lowest BCUT2D eigenvalue weighted by atomic mass is 9.75. The van der Waals surface area contributed by atoms with Gasteiger partial charge >= 0.3 is 0 Å². The first-order valence-electron chi connectivity index (χ1n) is 8.59. The van der Waals surface area contributed by atoms with E-state index in [4.69, 9.17) is 0 Å². The van der Waals surface area contributed by atoms with Gasteiger partial charge in [0.15, 0.2) is 0 Å². The third-order valence-corrected chi connectivity index (χ3v) is 5.65. The van der Waals surface area contributed by atoms with E-state index in [1.54, 1.807) is 0 Å². The molecule has 2 aromatic rings. The molecule has 0 radical (unpaired) electrons. The van der Waals surface area contributed by atoms with Crippen LogP contribution in [0.5, 0.6) is 0 Å². The maximum Gasteiger partial charge on any atom is 0.0240 e. The molecule has 1 saturated carbocycles. The third kappa shape index (κ3) is 2.72. The molecule has 2 aromatic carbocycles. The summed E-state index contributed by atoms with van der Waals surface area (Å²) in [5, 5.41) is 2.81. The Morgan fingerprint density at radius 1 is 0.857 bits per heavy atom. The quantitative estimate of drug-likeness (QED) is 0.759. The van der Waals surface area contributed by atoms with Crippen molar-refractivity contribution in [2.24, 2.45) is 11.8 Å². The van der Waals surface area contributed by atoms with E-state index in [9.17, 15) is 0 Å². The van der Waals surface area contributed by atoms with Crippen molar-refractivity contribution in [2.45, 2.75) is 38.6 Å². The summed E-state index contributed by atoms with van der Waals surface area (Å²) >= 11 is 0. The second-order valence-electron chi connectivity index (χ2n) is 6.97. The average molecular weight is 279 g/mol. The number of benzene rings is 2. The SMILES string of the molecule is c1ccc2c(CN3CCC4CCCCC4C3)cccc2c1. The van der Waals surface area contributed by atoms with Crippen LogP contribution in [0.15, 0.2) is 42.5 Å². The molecular weight excluding hydrogens is 254 g/mol. The number of hydrogen-bond acceptors (Lipinski definition) is 1. The highest BCUT2D eigenvalue weighted by Crippen LogP contribution is 2.36. The molecule has 4 rings (SSSR count). The Hall–Kier alpha value is -1.34. The molecule has 1 aliphatic carbocycles. The lowest BCUT2D eigenvalue weighted by Gasteiger charge is -2.41. The summed E-state index contributed by atoms with van der Waals surface area (Å²) in [4.78, 5) is 2.70. The predicted molar refractivity (Wildman–Crippen MR) is 89.3 cm³/mol. The second kappa shape index (κ2) is 5.81. The molecule has 0 amide bonds. The molecule has 110 valence electrons. The highest BCUT2D eigenvalue weighted by Gasteiger charge is 2.30. The fraction of sp³-hybridized carbons (Fsp3) is 0.500. The van der Waals surface area contributed by atoms with Crippen molar-refractivity contribution in [3.05, 3.63) is 48.0 Å². The molecule has 2 fully saturated rings. The van der Waals surface area contributed by atoms with Gasteiger partial charge in [-0.05, 0) is 47.6 Å². The fourth-order valence-corrected chi connectivity index (χ4v) is 4.49. The van der Waals surface area contributed by atoms with Gasteiger partial charge < -0.3 is 0 Å². The normalized spacial score (nSPS) is 26.7. The summed E-state index contributed by atoms with van der Waals surface area (Å²) in [6.07, 6.45) is 7.33. The van der Waals surface area contributed by atoms with Crippen LogP contribution in [-0.4, -0.2) is 18.0 Å². The molecule has 0 bridgehead atoms. The molecular formula is C20H25N. The van der Waals surface area contributed by atoms with Gasteiger partial charge in [-0.1, -0.05) is 61.7 Å². The van der Waals surface area contributed by atoms with Crippen LogP contribution in [-0.2, 0) is 6.54 Å². The Balaban J connectivity index is 1.52. The van der Waals surface area contributed by atoms with Gasteiger partial charge in [0.25, 0.3) is 0 Å². The van der Waals surface area contributed by atoms with Crippen molar-refractivity contribution in [1.82, 2.24) is 4.90 Å². The first-order chi connectivity index (χ1) is 10.4. The Morgan fingerprint density at radius 3 is 2.62 bits per heavy atom. The van der Waals surface area contributed by atoms with Gasteiger partial charge in [-0.2, -0.15) is 0 Å². The van der Waals surface area contributed by atoms with Crippen LogP contribution in [0.4, 0.5) is 0 Å². The molecule has 1 saturated heterocycles. The highest BCUT2D eigenvalue weighted by molar-refractivity contribution is 5.85. The van der Waals surface area contributed by atoms with E-state index in [0.29, 0.717) is 0 Å². The van der Waals surface area contributed by atoms with E-state index in [0.717, 1.165) is 18.4 Å². The second-order valence-corrected chi connectivity index (χ2v) is 6.97. The molecule has 1 heterocycles. The van der Waals surface area contributed by atoms with E-state index in [2.05, 4.69) is 47.4 Å². The number of likely N-dealkylation sites (tertiary alicyclic amines) is 1. The van der Waals surface area contributed by atoms with E-state index in [1.165, 1.54) is 61.5 Å². The van der Waals surface area contributed by atoms with E-state index >= 15 is 0 Å². The maximum absolute atomic E-state index is 2.70. The summed E-state index contributed by atoms with van der Waals surface area (Å²) < 4.78 is 0. The number of piperidine rings is 1. The summed E-state index contributed by atoms with van der Waals surface area (Å²) in [5.41, 5.74) is 1.50. The van der Waals surface area contributed by atoms with Gasteiger partial charge in [0, 0.05) is 13.1 Å². The van der Waals surface area contributed by atoms with Gasteiger partial charge in [0.1, 0.15) is 0 Å². The van der Waals surface area contributed by atoms with E-state index in [-0.39, 0.29) is 0 Å². The molecule has 0 spiro atoms. The molecule has 1 nitrogen and oxygen atoms in total. The lowest BCUT2D eigenvalue weighted by molar-refractivity contribution is 0.0823. The Morgan fingerprint density at radius 2 is 1.67 bits per heavy atom. The van der Waals surface area contributed by atoms with Crippen LogP contribution in [0.2, 0.25) is 0 Å². The van der Waals surface area contributed by atoms with Crippen LogP contribution in [0.3, 0.4) is 0 Å². The third-order valence-electron chi connectivity index (χ3n) is 5.65. The predicted octanol–water partition coefficient (Wildman–Crippen LogP) is 4.85. The van der Waals surface area contributed by atoms with Crippen LogP contribution in [0.25, 0.3) is 10.8 Å². The number of nitrogens with zero attached hydrogens (tertiary/aromatic N) is 1. The summed E-state index contributed by atoms with van der Waals surface area (Å²) in [5.74, 6) is 2.00. The van der Waals surface area contributed by atoms with Crippen molar-refractivity contribution < 1.29 is 0 Å². The topological polar surface area (TPSA) is 3.24 Å². The smallest absolute Gasteiger partial charge is 0.0240 e. The number of rotatable bonds is 2. The average Bonchev–Trinajstić information content (AvgIpc) is 2.55. The molecule has 0 N–H and O–H groups in total. The molecule has 0 aromatic heterocycles. The highest BCUT2D eigenvalue weighted by atomic mass is 15.1. The summed E-state index contributed by atoms with van der Waals surface area (Å²) in [6.45, 7) is 3.75. The first kappa shape index (κ1) is 13.3. The van der Waals surface area contributed by atoms with Crippen LogP contribution in [0, 0.1) is 11.8 Å².